The summed E-state index contributed by atoms with van der Waals surface area (Å²) in [6, 6.07) is 3.90. The Morgan fingerprint density at radius 1 is 1.60 bits per heavy atom. The normalized spacial score (nSPS) is 21.6. The van der Waals surface area contributed by atoms with Crippen LogP contribution in [0.1, 0.15) is 30.1 Å². The first-order chi connectivity index (χ1) is 9.41. The number of non-ortho nitro benzene ring substituents is 1. The molecule has 1 fully saturated rings. The van der Waals surface area contributed by atoms with Crippen molar-refractivity contribution < 1.29 is 9.72 Å². The van der Waals surface area contributed by atoms with E-state index in [0.717, 1.165) is 18.6 Å². The lowest BCUT2D eigenvalue weighted by molar-refractivity contribution is -0.384. The smallest absolute Gasteiger partial charge is 0.270 e. The molecule has 2 rings (SSSR count). The van der Waals surface area contributed by atoms with E-state index >= 15 is 0 Å². The predicted octanol–water partition coefficient (Wildman–Crippen LogP) is 2.19. The Labute approximate surface area is 121 Å². The van der Waals surface area contributed by atoms with E-state index < -0.39 is 4.92 Å². The number of carbonyl (C=O) groups excluding carboxylic acids is 1. The first-order valence-electron chi connectivity index (χ1n) is 6.37. The lowest BCUT2D eigenvalue weighted by atomic mass is 10.1. The van der Waals surface area contributed by atoms with Gasteiger partial charge >= 0.3 is 0 Å². The number of hydrogen-bond donors (Lipinski definition) is 2. The number of thioether (sulfide) groups is 1. The molecule has 1 heterocycles. The van der Waals surface area contributed by atoms with Crippen LogP contribution in [-0.4, -0.2) is 27.9 Å². The molecule has 1 atom stereocenters. The van der Waals surface area contributed by atoms with Gasteiger partial charge in [0.1, 0.15) is 0 Å². The summed E-state index contributed by atoms with van der Waals surface area (Å²) in [6.45, 7) is 2.65. The molecule has 20 heavy (non-hydrogen) atoms. The largest absolute Gasteiger partial charge is 0.398 e. The summed E-state index contributed by atoms with van der Waals surface area (Å²) in [5, 5.41) is 13.6. The highest BCUT2D eigenvalue weighted by atomic mass is 32.2. The number of nitrogen functional groups attached to an aromatic ring is 1. The molecule has 0 saturated carbocycles. The van der Waals surface area contributed by atoms with Gasteiger partial charge in [-0.3, -0.25) is 14.9 Å². The molecule has 1 amide bonds. The third-order valence-corrected chi connectivity index (χ3v) is 4.95. The first kappa shape index (κ1) is 14.6. The Bertz CT molecular complexity index is 542. The Balaban J connectivity index is 2.08. The third-order valence-electron chi connectivity index (χ3n) is 3.42. The van der Waals surface area contributed by atoms with E-state index in [4.69, 9.17) is 5.73 Å². The maximum Gasteiger partial charge on any atom is 0.270 e. The molecule has 0 aromatic heterocycles. The van der Waals surface area contributed by atoms with Gasteiger partial charge in [-0.05, 0) is 31.6 Å². The van der Waals surface area contributed by atoms with E-state index in [1.807, 2.05) is 11.8 Å². The van der Waals surface area contributed by atoms with E-state index in [9.17, 15) is 14.9 Å². The van der Waals surface area contributed by atoms with Gasteiger partial charge in [-0.25, -0.2) is 0 Å². The van der Waals surface area contributed by atoms with Crippen molar-refractivity contribution in [2.75, 3.05) is 18.0 Å². The molecule has 1 aromatic carbocycles. The Morgan fingerprint density at radius 2 is 2.35 bits per heavy atom. The van der Waals surface area contributed by atoms with Crippen LogP contribution in [-0.2, 0) is 0 Å². The van der Waals surface area contributed by atoms with Crippen molar-refractivity contribution in [1.29, 1.82) is 0 Å². The van der Waals surface area contributed by atoms with Crippen molar-refractivity contribution in [3.8, 4) is 0 Å². The number of nitro groups is 1. The molecule has 1 saturated heterocycles. The summed E-state index contributed by atoms with van der Waals surface area (Å²) in [4.78, 5) is 22.3. The number of nitrogens with two attached hydrogens (primary N) is 1. The van der Waals surface area contributed by atoms with Crippen molar-refractivity contribution in [3.63, 3.8) is 0 Å². The topological polar surface area (TPSA) is 98.3 Å². The minimum atomic E-state index is -0.537. The summed E-state index contributed by atoms with van der Waals surface area (Å²) < 4.78 is 0.0468. The first-order valence-corrected chi connectivity index (χ1v) is 7.36. The fourth-order valence-corrected chi connectivity index (χ4v) is 3.44. The predicted molar refractivity (Wildman–Crippen MR) is 79.9 cm³/mol. The van der Waals surface area contributed by atoms with E-state index in [2.05, 4.69) is 12.2 Å². The lowest BCUT2D eigenvalue weighted by Crippen LogP contribution is -2.37. The maximum absolute atomic E-state index is 12.1. The van der Waals surface area contributed by atoms with Crippen molar-refractivity contribution in [2.45, 2.75) is 24.5 Å². The monoisotopic (exact) mass is 295 g/mol. The summed E-state index contributed by atoms with van der Waals surface area (Å²) in [6.07, 6.45) is 2.21. The number of hydrogen-bond acceptors (Lipinski definition) is 5. The summed E-state index contributed by atoms with van der Waals surface area (Å²) in [7, 11) is 0. The number of nitrogens with zero attached hydrogens (tertiary/aromatic N) is 1. The van der Waals surface area contributed by atoms with Gasteiger partial charge in [0.15, 0.2) is 0 Å². The fraction of sp³-hybridized carbons (Fsp3) is 0.462. The number of rotatable bonds is 4. The van der Waals surface area contributed by atoms with Crippen LogP contribution in [0, 0.1) is 10.1 Å². The van der Waals surface area contributed by atoms with Crippen molar-refractivity contribution in [3.05, 3.63) is 33.9 Å². The zero-order chi connectivity index (χ0) is 14.8. The molecule has 0 radical (unpaired) electrons. The molecule has 1 aliphatic rings. The molecule has 6 nitrogen and oxygen atoms in total. The minimum absolute atomic E-state index is 0.0468. The fourth-order valence-electron chi connectivity index (χ4n) is 2.19. The SMILES string of the molecule is CC1(CNC(=O)c2cc([N+](=O)[O-])ccc2N)CCCS1. The summed E-state index contributed by atoms with van der Waals surface area (Å²) in [5.74, 6) is 0.741. The van der Waals surface area contributed by atoms with Crippen LogP contribution in [0.15, 0.2) is 18.2 Å². The van der Waals surface area contributed by atoms with Crippen LogP contribution in [0.2, 0.25) is 0 Å². The molecule has 1 aliphatic heterocycles. The van der Waals surface area contributed by atoms with Gasteiger partial charge in [-0.2, -0.15) is 11.8 Å². The highest BCUT2D eigenvalue weighted by molar-refractivity contribution is 8.00. The standard InChI is InChI=1S/C13H17N3O3S/c1-13(5-2-6-20-13)8-15-12(17)10-7-9(16(18)19)3-4-11(10)14/h3-4,7H,2,5-6,8,14H2,1H3,(H,15,17). The highest BCUT2D eigenvalue weighted by Crippen LogP contribution is 2.37. The second kappa shape index (κ2) is 5.70. The van der Waals surface area contributed by atoms with E-state index in [1.54, 1.807) is 0 Å². The van der Waals surface area contributed by atoms with Crippen LogP contribution in [0.3, 0.4) is 0 Å². The molecule has 0 spiro atoms. The van der Waals surface area contributed by atoms with Gasteiger partial charge in [-0.15, -0.1) is 0 Å². The highest BCUT2D eigenvalue weighted by Gasteiger charge is 2.30. The lowest BCUT2D eigenvalue weighted by Gasteiger charge is -2.23. The molecule has 1 unspecified atom stereocenters. The number of benzene rings is 1. The number of amides is 1. The van der Waals surface area contributed by atoms with Gasteiger partial charge in [-0.1, -0.05) is 0 Å². The molecule has 3 N–H and O–H groups in total. The van der Waals surface area contributed by atoms with Gasteiger partial charge in [0.05, 0.1) is 10.5 Å². The Kier molecular flexibility index (Phi) is 4.17. The van der Waals surface area contributed by atoms with E-state index in [1.165, 1.54) is 18.2 Å². The quantitative estimate of drug-likeness (QED) is 0.504. The Hall–Kier alpha value is -1.76. The van der Waals surface area contributed by atoms with Crippen molar-refractivity contribution >= 4 is 29.0 Å². The number of anilines is 1. The van der Waals surface area contributed by atoms with Crippen LogP contribution in [0.4, 0.5) is 11.4 Å². The van der Waals surface area contributed by atoms with Gasteiger partial charge in [0, 0.05) is 29.1 Å². The van der Waals surface area contributed by atoms with Crippen LogP contribution in [0.5, 0.6) is 0 Å². The average Bonchev–Trinajstić information content (AvgIpc) is 2.84. The number of nitro benzene ring substituents is 1. The number of nitrogens with one attached hydrogen (secondary N) is 1. The van der Waals surface area contributed by atoms with Crippen LogP contribution >= 0.6 is 11.8 Å². The molecule has 0 aliphatic carbocycles. The van der Waals surface area contributed by atoms with E-state index in [-0.39, 0.29) is 27.6 Å². The maximum atomic E-state index is 12.1. The van der Waals surface area contributed by atoms with Crippen LogP contribution < -0.4 is 11.1 Å². The van der Waals surface area contributed by atoms with E-state index in [0.29, 0.717) is 6.54 Å². The summed E-state index contributed by atoms with van der Waals surface area (Å²) in [5.41, 5.74) is 5.99. The molecule has 1 aromatic rings. The van der Waals surface area contributed by atoms with Gasteiger partial charge < -0.3 is 11.1 Å². The average molecular weight is 295 g/mol. The second-order valence-electron chi connectivity index (χ2n) is 5.11. The molecular weight excluding hydrogens is 278 g/mol. The van der Waals surface area contributed by atoms with Gasteiger partial charge in [0.25, 0.3) is 11.6 Å². The van der Waals surface area contributed by atoms with Crippen molar-refractivity contribution in [2.24, 2.45) is 0 Å². The third kappa shape index (κ3) is 3.22. The molecule has 7 heteroatoms. The van der Waals surface area contributed by atoms with Crippen molar-refractivity contribution in [1.82, 2.24) is 5.32 Å². The zero-order valence-electron chi connectivity index (χ0n) is 11.2. The van der Waals surface area contributed by atoms with Gasteiger partial charge in [0.2, 0.25) is 0 Å². The molecular formula is C13H17N3O3S. The molecule has 108 valence electrons. The van der Waals surface area contributed by atoms with Crippen LogP contribution in [0.25, 0.3) is 0 Å². The number of carbonyl (C=O) groups is 1. The minimum Gasteiger partial charge on any atom is -0.398 e. The summed E-state index contributed by atoms with van der Waals surface area (Å²) >= 11 is 1.84. The Morgan fingerprint density at radius 3 is 2.95 bits per heavy atom. The second-order valence-corrected chi connectivity index (χ2v) is 6.80. The zero-order valence-corrected chi connectivity index (χ0v) is 12.0. The molecule has 0 bridgehead atoms.